The number of nitrogens with one attached hydrogen (secondary N) is 1. The highest BCUT2D eigenvalue weighted by atomic mass is 32.2. The largest absolute Gasteiger partial charge is 0.573 e. The summed E-state index contributed by atoms with van der Waals surface area (Å²) in [6, 6.07) is 16.8. The third-order valence-electron chi connectivity index (χ3n) is 7.95. The van der Waals surface area contributed by atoms with Gasteiger partial charge in [0.15, 0.2) is 16.7 Å². The molecule has 9 nitrogen and oxygen atoms in total. The molecule has 2 amide bonds. The molecule has 4 aromatic rings. The summed E-state index contributed by atoms with van der Waals surface area (Å²) in [5, 5.41) is 19.3. The zero-order chi connectivity index (χ0) is 32.8. The second-order valence-electron chi connectivity index (χ2n) is 12.0. The van der Waals surface area contributed by atoms with Crippen molar-refractivity contribution in [2.24, 2.45) is 4.99 Å². The second-order valence-corrected chi connectivity index (χ2v) is 13.0. The Hall–Kier alpha value is -4.36. The number of benzene rings is 3. The standard InChI is InChI=1S/C33H33F3N6O3S/c1-19(2)27-12-5-20(3)13-28(27)42-31(46-17-32(42,4)44)39-30(43)38-24-15-21-6-7-22(14-23(21)16-24)29-37-18-41(40-29)25-8-10-26(11-9-25)45-33(34,35)36/h5-14,18-19,24,44H,15-17H2,1-4H3,(H,38,43)/b39-31-. The van der Waals surface area contributed by atoms with Gasteiger partial charge in [-0.2, -0.15) is 4.99 Å². The minimum absolute atomic E-state index is 0.157. The topological polar surface area (TPSA) is 105 Å². The fraction of sp³-hybridized carbons (Fsp3) is 0.333. The van der Waals surface area contributed by atoms with Gasteiger partial charge < -0.3 is 15.2 Å². The Morgan fingerprint density at radius 1 is 1.11 bits per heavy atom. The average molecular weight is 651 g/mol. The molecule has 1 aliphatic carbocycles. The van der Waals surface area contributed by atoms with E-state index in [1.165, 1.54) is 47.0 Å². The number of thioether (sulfide) groups is 1. The molecule has 1 fully saturated rings. The number of amides is 2. The van der Waals surface area contributed by atoms with Crippen molar-refractivity contribution in [3.05, 3.63) is 89.2 Å². The quantitative estimate of drug-likeness (QED) is 0.238. The van der Waals surface area contributed by atoms with E-state index >= 15 is 0 Å². The number of hydrogen-bond donors (Lipinski definition) is 2. The number of rotatable bonds is 6. The summed E-state index contributed by atoms with van der Waals surface area (Å²) in [7, 11) is 0. The smallest absolute Gasteiger partial charge is 0.406 e. The van der Waals surface area contributed by atoms with Gasteiger partial charge in [0.25, 0.3) is 0 Å². The average Bonchev–Trinajstić information content (AvgIpc) is 3.69. The molecule has 0 spiro atoms. The Balaban J connectivity index is 1.14. The molecular formula is C33H33F3N6O3S. The molecule has 240 valence electrons. The number of ether oxygens (including phenoxy) is 1. The van der Waals surface area contributed by atoms with Crippen LogP contribution in [0.25, 0.3) is 17.1 Å². The van der Waals surface area contributed by atoms with Gasteiger partial charge in [0, 0.05) is 23.0 Å². The maximum absolute atomic E-state index is 13.2. The van der Waals surface area contributed by atoms with Crippen LogP contribution in [0.2, 0.25) is 0 Å². The molecule has 2 unspecified atom stereocenters. The zero-order valence-electron chi connectivity index (χ0n) is 25.7. The van der Waals surface area contributed by atoms with Gasteiger partial charge in [-0.15, -0.1) is 18.3 Å². The van der Waals surface area contributed by atoms with Crippen LogP contribution in [0.4, 0.5) is 23.7 Å². The molecule has 13 heteroatoms. The number of fused-ring (bicyclic) bond motifs is 1. The highest BCUT2D eigenvalue weighted by molar-refractivity contribution is 8.14. The molecule has 46 heavy (non-hydrogen) atoms. The van der Waals surface area contributed by atoms with E-state index in [1.807, 2.05) is 37.3 Å². The number of amidine groups is 1. The van der Waals surface area contributed by atoms with Crippen LogP contribution < -0.4 is 15.0 Å². The van der Waals surface area contributed by atoms with E-state index < -0.39 is 18.1 Å². The van der Waals surface area contributed by atoms with Crippen LogP contribution in [-0.2, 0) is 12.8 Å². The number of halogens is 3. The number of aryl methyl sites for hydroxylation is 1. The van der Waals surface area contributed by atoms with Crippen molar-refractivity contribution in [3.63, 3.8) is 0 Å². The second kappa shape index (κ2) is 12.1. The number of aliphatic hydroxyl groups is 1. The summed E-state index contributed by atoms with van der Waals surface area (Å²) in [6.07, 6.45) is -2.02. The first-order valence-corrected chi connectivity index (χ1v) is 15.8. The number of aromatic nitrogens is 3. The SMILES string of the molecule is Cc1ccc(C(C)C)c(N2/C(=N/C(=O)NC3Cc4ccc(-c5ncn(-c6ccc(OC(F)(F)F)cc6)n5)cc4C3)SCC2(C)O)c1. The number of nitrogens with zero attached hydrogens (tertiary/aromatic N) is 5. The fourth-order valence-electron chi connectivity index (χ4n) is 5.79. The minimum Gasteiger partial charge on any atom is -0.406 e. The molecule has 6 rings (SSSR count). The van der Waals surface area contributed by atoms with Gasteiger partial charge in [-0.25, -0.2) is 14.5 Å². The summed E-state index contributed by atoms with van der Waals surface area (Å²) in [5.41, 5.74) is 5.23. The fourth-order valence-corrected chi connectivity index (χ4v) is 6.89. The highest BCUT2D eigenvalue weighted by Gasteiger charge is 2.42. The Kier molecular flexibility index (Phi) is 8.32. The van der Waals surface area contributed by atoms with Gasteiger partial charge in [0.2, 0.25) is 0 Å². The summed E-state index contributed by atoms with van der Waals surface area (Å²) in [4.78, 5) is 23.8. The number of carbonyl (C=O) groups is 1. The molecule has 0 bridgehead atoms. The lowest BCUT2D eigenvalue weighted by Crippen LogP contribution is -2.46. The zero-order valence-corrected chi connectivity index (χ0v) is 26.5. The van der Waals surface area contributed by atoms with Crippen LogP contribution in [0.15, 0.2) is 72.0 Å². The predicted octanol–water partition coefficient (Wildman–Crippen LogP) is 6.76. The molecule has 2 heterocycles. The van der Waals surface area contributed by atoms with Gasteiger partial charge in [-0.3, -0.25) is 4.90 Å². The number of carbonyl (C=O) groups excluding carboxylic acids is 1. The van der Waals surface area contributed by atoms with Crippen LogP contribution in [0.1, 0.15) is 48.9 Å². The van der Waals surface area contributed by atoms with E-state index in [1.54, 1.807) is 11.8 Å². The molecule has 3 aromatic carbocycles. The van der Waals surface area contributed by atoms with Crippen molar-refractivity contribution < 1.29 is 27.8 Å². The number of anilines is 1. The van der Waals surface area contributed by atoms with Crippen LogP contribution in [0, 0.1) is 6.92 Å². The summed E-state index contributed by atoms with van der Waals surface area (Å²) >= 11 is 1.35. The Morgan fingerprint density at radius 3 is 2.57 bits per heavy atom. The number of aliphatic imine (C=N–C) groups is 1. The third kappa shape index (κ3) is 6.75. The Morgan fingerprint density at radius 2 is 1.85 bits per heavy atom. The first-order valence-electron chi connectivity index (χ1n) is 14.8. The molecule has 0 saturated carbocycles. The van der Waals surface area contributed by atoms with Crippen LogP contribution in [-0.4, -0.2) is 55.0 Å². The minimum atomic E-state index is -4.76. The van der Waals surface area contributed by atoms with Gasteiger partial charge in [-0.1, -0.05) is 49.9 Å². The lowest BCUT2D eigenvalue weighted by molar-refractivity contribution is -0.274. The van der Waals surface area contributed by atoms with Crippen molar-refractivity contribution >= 4 is 28.6 Å². The molecule has 2 N–H and O–H groups in total. The number of urea groups is 1. The Bertz CT molecular complexity index is 1800. The van der Waals surface area contributed by atoms with E-state index in [-0.39, 0.29) is 17.7 Å². The summed E-state index contributed by atoms with van der Waals surface area (Å²) < 4.78 is 42.8. The maximum Gasteiger partial charge on any atom is 0.573 e. The van der Waals surface area contributed by atoms with E-state index in [4.69, 9.17) is 0 Å². The molecule has 1 saturated heterocycles. The first kappa shape index (κ1) is 31.6. The highest BCUT2D eigenvalue weighted by Crippen LogP contribution is 2.40. The van der Waals surface area contributed by atoms with Crippen LogP contribution in [0.3, 0.4) is 0 Å². The van der Waals surface area contributed by atoms with E-state index in [9.17, 15) is 23.1 Å². The summed E-state index contributed by atoms with van der Waals surface area (Å²) in [5.74, 6) is 0.732. The van der Waals surface area contributed by atoms with Gasteiger partial charge in [0.1, 0.15) is 12.1 Å². The molecule has 1 aliphatic heterocycles. The first-order chi connectivity index (χ1) is 21.8. The van der Waals surface area contributed by atoms with Crippen molar-refractivity contribution in [3.8, 4) is 22.8 Å². The van der Waals surface area contributed by atoms with Gasteiger partial charge in [-0.05, 0) is 91.3 Å². The molecule has 2 aliphatic rings. The summed E-state index contributed by atoms with van der Waals surface area (Å²) in [6.45, 7) is 7.93. The van der Waals surface area contributed by atoms with Crippen LogP contribution >= 0.6 is 11.8 Å². The predicted molar refractivity (Wildman–Crippen MR) is 171 cm³/mol. The molecule has 1 aromatic heterocycles. The molecule has 0 radical (unpaired) electrons. The van der Waals surface area contributed by atoms with Crippen molar-refractivity contribution in [2.75, 3.05) is 10.7 Å². The number of hydrogen-bond acceptors (Lipinski definition) is 6. The van der Waals surface area contributed by atoms with Crippen molar-refractivity contribution in [1.29, 1.82) is 0 Å². The van der Waals surface area contributed by atoms with E-state index in [0.29, 0.717) is 35.3 Å². The van der Waals surface area contributed by atoms with E-state index in [0.717, 1.165) is 33.5 Å². The lowest BCUT2D eigenvalue weighted by Gasteiger charge is -2.33. The maximum atomic E-state index is 13.2. The van der Waals surface area contributed by atoms with Crippen LogP contribution in [0.5, 0.6) is 5.75 Å². The normalized spacial score (nSPS) is 20.4. The van der Waals surface area contributed by atoms with E-state index in [2.05, 4.69) is 45.0 Å². The molecule has 2 atom stereocenters. The number of alkyl halides is 3. The lowest BCUT2D eigenvalue weighted by atomic mass is 9.98. The van der Waals surface area contributed by atoms with Gasteiger partial charge in [0.05, 0.1) is 5.69 Å². The van der Waals surface area contributed by atoms with Crippen molar-refractivity contribution in [2.45, 2.75) is 64.6 Å². The van der Waals surface area contributed by atoms with Gasteiger partial charge >= 0.3 is 12.4 Å². The van der Waals surface area contributed by atoms with Crippen molar-refractivity contribution in [1.82, 2.24) is 20.1 Å². The third-order valence-corrected chi connectivity index (χ3v) is 9.17. The molecular weight excluding hydrogens is 617 g/mol. The Labute approximate surface area is 268 Å². The monoisotopic (exact) mass is 650 g/mol.